The molecular formula is C18H17N3O3S. The highest BCUT2D eigenvalue weighted by atomic mass is 32.1. The van der Waals surface area contributed by atoms with Gasteiger partial charge in [-0.1, -0.05) is 53.8 Å². The molecule has 0 bridgehead atoms. The Labute approximate surface area is 149 Å². The summed E-state index contributed by atoms with van der Waals surface area (Å²) in [5.41, 5.74) is 3.58. The van der Waals surface area contributed by atoms with Crippen molar-refractivity contribution < 1.29 is 14.7 Å². The first-order chi connectivity index (χ1) is 12.3. The largest absolute Gasteiger partial charge is 0.494 e. The molecule has 0 atom stereocenters. The van der Waals surface area contributed by atoms with Crippen LogP contribution in [-0.4, -0.2) is 27.9 Å². The molecular weight excluding hydrogens is 338 g/mol. The summed E-state index contributed by atoms with van der Waals surface area (Å²) in [5, 5.41) is 18.7. The van der Waals surface area contributed by atoms with Gasteiger partial charge in [0.15, 0.2) is 0 Å². The second-order valence-electron chi connectivity index (χ2n) is 5.29. The van der Waals surface area contributed by atoms with Crippen LogP contribution in [0.2, 0.25) is 0 Å². The molecule has 0 aliphatic rings. The quantitative estimate of drug-likeness (QED) is 0.385. The van der Waals surface area contributed by atoms with Gasteiger partial charge in [0, 0.05) is 17.5 Å². The Balaban J connectivity index is 1.65. The minimum atomic E-state index is -0.417. The summed E-state index contributed by atoms with van der Waals surface area (Å²) in [5.74, 6) is 0.290. The first kappa shape index (κ1) is 17.1. The molecule has 0 saturated heterocycles. The summed E-state index contributed by atoms with van der Waals surface area (Å²) < 4.78 is 5.65. The zero-order chi connectivity index (χ0) is 17.5. The van der Waals surface area contributed by atoms with Gasteiger partial charge in [0.05, 0.1) is 6.61 Å². The topological polar surface area (TPSA) is 84.3 Å². The van der Waals surface area contributed by atoms with E-state index in [1.54, 1.807) is 5.48 Å². The van der Waals surface area contributed by atoms with Crippen molar-refractivity contribution in [3.8, 4) is 26.9 Å². The van der Waals surface area contributed by atoms with Gasteiger partial charge in [-0.05, 0) is 18.6 Å². The first-order valence-corrected chi connectivity index (χ1v) is 8.63. The van der Waals surface area contributed by atoms with Gasteiger partial charge in [-0.15, -0.1) is 10.2 Å². The lowest BCUT2D eigenvalue weighted by Crippen LogP contribution is -2.18. The number of hydroxylamine groups is 1. The van der Waals surface area contributed by atoms with Crippen molar-refractivity contribution in [2.45, 2.75) is 12.8 Å². The molecule has 1 aromatic heterocycles. The van der Waals surface area contributed by atoms with E-state index < -0.39 is 5.91 Å². The highest BCUT2D eigenvalue weighted by Crippen LogP contribution is 2.31. The van der Waals surface area contributed by atoms with E-state index in [-0.39, 0.29) is 6.42 Å². The van der Waals surface area contributed by atoms with Crippen LogP contribution in [0.5, 0.6) is 5.75 Å². The molecule has 0 spiro atoms. The van der Waals surface area contributed by atoms with E-state index in [0.29, 0.717) is 18.8 Å². The number of hydrogen-bond acceptors (Lipinski definition) is 6. The lowest BCUT2D eigenvalue weighted by molar-refractivity contribution is -0.129. The van der Waals surface area contributed by atoms with Crippen molar-refractivity contribution in [1.29, 1.82) is 0 Å². The fraction of sp³-hybridized carbons (Fsp3) is 0.167. The van der Waals surface area contributed by atoms with Crippen molar-refractivity contribution in [3.05, 3.63) is 54.6 Å². The summed E-state index contributed by atoms with van der Waals surface area (Å²) in [7, 11) is 0. The van der Waals surface area contributed by atoms with Crippen LogP contribution in [0.4, 0.5) is 0 Å². The van der Waals surface area contributed by atoms with Crippen molar-refractivity contribution in [2.24, 2.45) is 0 Å². The number of ether oxygens (including phenoxy) is 1. The Kier molecular flexibility index (Phi) is 5.71. The average Bonchev–Trinajstić information content (AvgIpc) is 3.16. The van der Waals surface area contributed by atoms with Crippen molar-refractivity contribution in [1.82, 2.24) is 15.7 Å². The smallest absolute Gasteiger partial charge is 0.243 e. The van der Waals surface area contributed by atoms with Crippen molar-refractivity contribution in [2.75, 3.05) is 6.61 Å². The fourth-order valence-electron chi connectivity index (χ4n) is 2.23. The number of amides is 1. The SMILES string of the molecule is O=C(CCCOc1cccc(-c2nnc(-c3ccccc3)s2)c1)NO. The van der Waals surface area contributed by atoms with Crippen LogP contribution < -0.4 is 10.2 Å². The van der Waals surface area contributed by atoms with Gasteiger partial charge in [0.25, 0.3) is 0 Å². The maximum absolute atomic E-state index is 11.0. The first-order valence-electron chi connectivity index (χ1n) is 7.81. The molecule has 2 N–H and O–H groups in total. The number of rotatable bonds is 7. The molecule has 0 aliphatic carbocycles. The van der Waals surface area contributed by atoms with Crippen LogP contribution in [0.3, 0.4) is 0 Å². The Hall–Kier alpha value is -2.77. The number of carbonyl (C=O) groups is 1. The molecule has 2 aromatic carbocycles. The van der Waals surface area contributed by atoms with E-state index in [1.165, 1.54) is 11.3 Å². The Morgan fingerprint density at radius 2 is 1.76 bits per heavy atom. The van der Waals surface area contributed by atoms with Crippen LogP contribution in [0.1, 0.15) is 12.8 Å². The van der Waals surface area contributed by atoms with Gasteiger partial charge in [0.2, 0.25) is 5.91 Å². The molecule has 1 amide bonds. The molecule has 3 rings (SSSR count). The predicted octanol–water partition coefficient (Wildman–Crippen LogP) is 3.54. The Morgan fingerprint density at radius 3 is 2.52 bits per heavy atom. The van der Waals surface area contributed by atoms with Crippen molar-refractivity contribution in [3.63, 3.8) is 0 Å². The number of nitrogens with zero attached hydrogens (tertiary/aromatic N) is 2. The highest BCUT2D eigenvalue weighted by Gasteiger charge is 2.09. The molecule has 7 heteroatoms. The molecule has 1 heterocycles. The molecule has 6 nitrogen and oxygen atoms in total. The summed E-state index contributed by atoms with van der Waals surface area (Å²) in [6, 6.07) is 17.5. The Bertz CT molecular complexity index is 836. The number of hydrogen-bond donors (Lipinski definition) is 2. The second kappa shape index (κ2) is 8.36. The maximum Gasteiger partial charge on any atom is 0.243 e. The van der Waals surface area contributed by atoms with Crippen LogP contribution >= 0.6 is 11.3 Å². The lowest BCUT2D eigenvalue weighted by Gasteiger charge is -2.06. The van der Waals surface area contributed by atoms with Crippen LogP contribution in [-0.2, 0) is 4.79 Å². The highest BCUT2D eigenvalue weighted by molar-refractivity contribution is 7.17. The van der Waals surface area contributed by atoms with Crippen molar-refractivity contribution >= 4 is 17.2 Å². The van der Waals surface area contributed by atoms with E-state index in [0.717, 1.165) is 21.1 Å². The van der Waals surface area contributed by atoms with Gasteiger partial charge in [-0.3, -0.25) is 10.0 Å². The van der Waals surface area contributed by atoms with Gasteiger partial charge >= 0.3 is 0 Å². The fourth-order valence-corrected chi connectivity index (χ4v) is 3.08. The molecule has 25 heavy (non-hydrogen) atoms. The lowest BCUT2D eigenvalue weighted by atomic mass is 10.2. The predicted molar refractivity (Wildman–Crippen MR) is 95.4 cm³/mol. The van der Waals surface area contributed by atoms with E-state index >= 15 is 0 Å². The van der Waals surface area contributed by atoms with E-state index in [1.807, 2.05) is 54.6 Å². The number of benzene rings is 2. The third-order valence-electron chi connectivity index (χ3n) is 3.47. The van der Waals surface area contributed by atoms with Gasteiger partial charge in [-0.25, -0.2) is 5.48 Å². The number of nitrogens with one attached hydrogen (secondary N) is 1. The summed E-state index contributed by atoms with van der Waals surface area (Å²) >= 11 is 1.52. The van der Waals surface area contributed by atoms with Gasteiger partial charge in [-0.2, -0.15) is 0 Å². The van der Waals surface area contributed by atoms with E-state index in [2.05, 4.69) is 10.2 Å². The minimum absolute atomic E-state index is 0.215. The summed E-state index contributed by atoms with van der Waals surface area (Å²) in [6.45, 7) is 0.391. The van der Waals surface area contributed by atoms with E-state index in [4.69, 9.17) is 9.94 Å². The molecule has 3 aromatic rings. The minimum Gasteiger partial charge on any atom is -0.494 e. The normalized spacial score (nSPS) is 10.4. The maximum atomic E-state index is 11.0. The third-order valence-corrected chi connectivity index (χ3v) is 4.49. The summed E-state index contributed by atoms with van der Waals surface area (Å²) in [6.07, 6.45) is 0.737. The second-order valence-corrected chi connectivity index (χ2v) is 6.27. The number of carbonyl (C=O) groups excluding carboxylic acids is 1. The van der Waals surface area contributed by atoms with Crippen LogP contribution in [0, 0.1) is 0 Å². The molecule has 0 aliphatic heterocycles. The zero-order valence-electron chi connectivity index (χ0n) is 13.4. The Morgan fingerprint density at radius 1 is 1.04 bits per heavy atom. The third kappa shape index (κ3) is 4.62. The molecule has 128 valence electrons. The molecule has 0 fully saturated rings. The molecule has 0 unspecified atom stereocenters. The van der Waals surface area contributed by atoms with E-state index in [9.17, 15) is 4.79 Å². The molecule has 0 saturated carbocycles. The van der Waals surface area contributed by atoms with Gasteiger partial charge < -0.3 is 4.74 Å². The monoisotopic (exact) mass is 355 g/mol. The number of aromatic nitrogens is 2. The molecule has 0 radical (unpaired) electrons. The standard InChI is InChI=1S/C18H17N3O3S/c22-16(21-23)10-5-11-24-15-9-4-8-14(12-15)18-20-19-17(25-18)13-6-2-1-3-7-13/h1-4,6-9,12,23H,5,10-11H2,(H,21,22). The summed E-state index contributed by atoms with van der Waals surface area (Å²) in [4.78, 5) is 11.0. The zero-order valence-corrected chi connectivity index (χ0v) is 14.2. The van der Waals surface area contributed by atoms with Gasteiger partial charge in [0.1, 0.15) is 15.8 Å². The average molecular weight is 355 g/mol. The van der Waals surface area contributed by atoms with Crippen LogP contribution in [0.15, 0.2) is 54.6 Å². The van der Waals surface area contributed by atoms with Crippen LogP contribution in [0.25, 0.3) is 21.1 Å².